The number of hydrogen-bond donors (Lipinski definition) is 0. The average Bonchev–Trinajstić information content (AvgIpc) is 3.00. The van der Waals surface area contributed by atoms with Crippen LogP contribution in [-0.4, -0.2) is 47.4 Å². The molecule has 2 heterocycles. The van der Waals surface area contributed by atoms with E-state index in [4.69, 9.17) is 0 Å². The molecule has 0 radical (unpaired) electrons. The number of piperidine rings is 1. The van der Waals surface area contributed by atoms with Crippen molar-refractivity contribution in [3.05, 3.63) is 35.4 Å². The Labute approximate surface area is 163 Å². The maximum atomic E-state index is 13.0. The Morgan fingerprint density at radius 2 is 1.83 bits per heavy atom. The minimum Gasteiger partial charge on any atom is -0.342 e. The summed E-state index contributed by atoms with van der Waals surface area (Å²) in [4.78, 5) is 27.3. The number of carbonyl (C=O) groups excluding carboxylic acids is 2. The molecule has 4 nitrogen and oxygen atoms in total. The van der Waals surface area contributed by atoms with E-state index in [1.54, 1.807) is 0 Å². The third-order valence-electron chi connectivity index (χ3n) is 5.39. The highest BCUT2D eigenvalue weighted by molar-refractivity contribution is 5.89. The lowest BCUT2D eigenvalue weighted by molar-refractivity contribution is -0.188. The molecule has 160 valence electrons. The molecule has 0 aliphatic carbocycles. The zero-order valence-electron chi connectivity index (χ0n) is 15.4. The number of benzene rings is 1. The SMILES string of the molecule is O=C1CC(C(=O)N2CCCC(C(F)(F)F)C2)CN1Cc1cccc(C(F)(F)F)c1. The van der Waals surface area contributed by atoms with Crippen molar-refractivity contribution in [3.8, 4) is 0 Å². The van der Waals surface area contributed by atoms with E-state index >= 15 is 0 Å². The van der Waals surface area contributed by atoms with E-state index in [0.29, 0.717) is 0 Å². The van der Waals surface area contributed by atoms with Crippen LogP contribution >= 0.6 is 0 Å². The Morgan fingerprint density at radius 1 is 1.10 bits per heavy atom. The fraction of sp³-hybridized carbons (Fsp3) is 0.579. The quantitative estimate of drug-likeness (QED) is 0.695. The van der Waals surface area contributed by atoms with Crippen molar-refractivity contribution in [2.45, 2.75) is 38.2 Å². The molecule has 10 heteroatoms. The number of nitrogens with zero attached hydrogens (tertiary/aromatic N) is 2. The predicted octanol–water partition coefficient (Wildman–Crippen LogP) is 3.85. The number of likely N-dealkylation sites (tertiary alicyclic amines) is 2. The van der Waals surface area contributed by atoms with Crippen LogP contribution in [0.3, 0.4) is 0 Å². The number of amides is 2. The van der Waals surface area contributed by atoms with Crippen LogP contribution in [-0.2, 0) is 22.3 Å². The fourth-order valence-corrected chi connectivity index (χ4v) is 3.86. The van der Waals surface area contributed by atoms with Gasteiger partial charge in [-0.3, -0.25) is 9.59 Å². The zero-order valence-corrected chi connectivity index (χ0v) is 15.4. The van der Waals surface area contributed by atoms with Crippen LogP contribution in [0.1, 0.15) is 30.4 Å². The first kappa shape index (κ1) is 21.4. The highest BCUT2D eigenvalue weighted by Gasteiger charge is 2.44. The van der Waals surface area contributed by atoms with Crippen LogP contribution < -0.4 is 0 Å². The summed E-state index contributed by atoms with van der Waals surface area (Å²) < 4.78 is 77.4. The second-order valence-electron chi connectivity index (χ2n) is 7.54. The van der Waals surface area contributed by atoms with E-state index < -0.39 is 48.1 Å². The fourth-order valence-electron chi connectivity index (χ4n) is 3.86. The summed E-state index contributed by atoms with van der Waals surface area (Å²) in [5.74, 6) is -3.25. The van der Waals surface area contributed by atoms with Gasteiger partial charge in [-0.25, -0.2) is 0 Å². The molecule has 2 aliphatic rings. The predicted molar refractivity (Wildman–Crippen MR) is 90.3 cm³/mol. The van der Waals surface area contributed by atoms with Crippen LogP contribution in [0.2, 0.25) is 0 Å². The molecule has 2 aliphatic heterocycles. The molecule has 1 aromatic rings. The highest BCUT2D eigenvalue weighted by Crippen LogP contribution is 2.34. The molecule has 3 rings (SSSR count). The van der Waals surface area contributed by atoms with E-state index in [9.17, 15) is 35.9 Å². The van der Waals surface area contributed by atoms with Gasteiger partial charge in [-0.2, -0.15) is 26.3 Å². The number of halogens is 6. The third-order valence-corrected chi connectivity index (χ3v) is 5.39. The van der Waals surface area contributed by atoms with Crippen molar-refractivity contribution in [1.29, 1.82) is 0 Å². The molecule has 2 amide bonds. The van der Waals surface area contributed by atoms with Gasteiger partial charge in [0.25, 0.3) is 0 Å². The summed E-state index contributed by atoms with van der Waals surface area (Å²) in [6, 6.07) is 4.57. The smallest absolute Gasteiger partial charge is 0.342 e. The van der Waals surface area contributed by atoms with E-state index in [0.717, 1.165) is 17.0 Å². The molecule has 0 bridgehead atoms. The summed E-state index contributed by atoms with van der Waals surface area (Å²) in [6.07, 6.45) is -8.82. The maximum Gasteiger partial charge on any atom is 0.416 e. The van der Waals surface area contributed by atoms with Crippen LogP contribution in [0.15, 0.2) is 24.3 Å². The van der Waals surface area contributed by atoms with Crippen molar-refractivity contribution in [3.63, 3.8) is 0 Å². The van der Waals surface area contributed by atoms with Crippen LogP contribution in [0.5, 0.6) is 0 Å². The van der Waals surface area contributed by atoms with Crippen molar-refractivity contribution >= 4 is 11.8 Å². The molecule has 2 unspecified atom stereocenters. The Bertz CT molecular complexity index is 777. The highest BCUT2D eigenvalue weighted by atomic mass is 19.4. The lowest BCUT2D eigenvalue weighted by atomic mass is 9.96. The Balaban J connectivity index is 1.64. The maximum absolute atomic E-state index is 13.0. The molecular weight excluding hydrogens is 402 g/mol. The first-order chi connectivity index (χ1) is 13.4. The number of carbonyl (C=O) groups is 2. The molecule has 0 aromatic heterocycles. The molecular formula is C19H20F6N2O2. The largest absolute Gasteiger partial charge is 0.416 e. The Hall–Kier alpha value is -2.26. The van der Waals surface area contributed by atoms with Gasteiger partial charge in [-0.05, 0) is 30.5 Å². The summed E-state index contributed by atoms with van der Waals surface area (Å²) in [7, 11) is 0. The topological polar surface area (TPSA) is 40.6 Å². The van der Waals surface area contributed by atoms with E-state index in [-0.39, 0.29) is 44.5 Å². The van der Waals surface area contributed by atoms with Crippen LogP contribution in [0.4, 0.5) is 26.3 Å². The van der Waals surface area contributed by atoms with E-state index in [1.807, 2.05) is 0 Å². The van der Waals surface area contributed by atoms with Crippen molar-refractivity contribution in [1.82, 2.24) is 9.80 Å². The summed E-state index contributed by atoms with van der Waals surface area (Å²) in [6.45, 7) is -0.302. The van der Waals surface area contributed by atoms with Gasteiger partial charge in [0.15, 0.2) is 0 Å². The van der Waals surface area contributed by atoms with Crippen molar-refractivity contribution in [2.75, 3.05) is 19.6 Å². The summed E-state index contributed by atoms with van der Waals surface area (Å²) >= 11 is 0. The molecule has 2 saturated heterocycles. The van der Waals surface area contributed by atoms with Gasteiger partial charge in [0.1, 0.15) is 0 Å². The minimum atomic E-state index is -4.51. The van der Waals surface area contributed by atoms with Gasteiger partial charge in [0.2, 0.25) is 11.8 Å². The van der Waals surface area contributed by atoms with E-state index in [2.05, 4.69) is 0 Å². The molecule has 0 N–H and O–H groups in total. The summed E-state index contributed by atoms with van der Waals surface area (Å²) in [5, 5.41) is 0. The van der Waals surface area contributed by atoms with Gasteiger partial charge in [-0.1, -0.05) is 12.1 Å². The standard InChI is InChI=1S/C19H20F6N2O2/c20-18(21,22)14-4-1-3-12(7-14)9-27-10-13(8-16(27)28)17(29)26-6-2-5-15(11-26)19(23,24)25/h1,3-4,7,13,15H,2,5-6,8-11H2. The molecule has 29 heavy (non-hydrogen) atoms. The first-order valence-electron chi connectivity index (χ1n) is 9.24. The first-order valence-corrected chi connectivity index (χ1v) is 9.24. The van der Waals surface area contributed by atoms with E-state index in [1.165, 1.54) is 17.0 Å². The van der Waals surface area contributed by atoms with Gasteiger partial charge in [-0.15, -0.1) is 0 Å². The number of rotatable bonds is 3. The van der Waals surface area contributed by atoms with Crippen LogP contribution in [0.25, 0.3) is 0 Å². The molecule has 1 aromatic carbocycles. The van der Waals surface area contributed by atoms with Crippen molar-refractivity contribution < 1.29 is 35.9 Å². The monoisotopic (exact) mass is 422 g/mol. The Kier molecular flexibility index (Phi) is 5.82. The second-order valence-corrected chi connectivity index (χ2v) is 7.54. The summed E-state index contributed by atoms with van der Waals surface area (Å²) in [5.41, 5.74) is -0.558. The lowest BCUT2D eigenvalue weighted by Gasteiger charge is -2.35. The normalized spacial score (nSPS) is 23.6. The molecule has 2 fully saturated rings. The van der Waals surface area contributed by atoms with Gasteiger partial charge >= 0.3 is 12.4 Å². The second kappa shape index (κ2) is 7.87. The van der Waals surface area contributed by atoms with Gasteiger partial charge < -0.3 is 9.80 Å². The zero-order chi connectivity index (χ0) is 21.4. The average molecular weight is 422 g/mol. The minimum absolute atomic E-state index is 0.0128. The van der Waals surface area contributed by atoms with Crippen molar-refractivity contribution in [2.24, 2.45) is 11.8 Å². The van der Waals surface area contributed by atoms with Gasteiger partial charge in [0, 0.05) is 32.6 Å². The van der Waals surface area contributed by atoms with Crippen LogP contribution in [0, 0.1) is 11.8 Å². The number of hydrogen-bond acceptors (Lipinski definition) is 2. The lowest BCUT2D eigenvalue weighted by Crippen LogP contribution is -2.47. The molecule has 0 spiro atoms. The third kappa shape index (κ3) is 5.02. The Morgan fingerprint density at radius 3 is 2.48 bits per heavy atom. The van der Waals surface area contributed by atoms with Gasteiger partial charge in [0.05, 0.1) is 17.4 Å². The molecule has 0 saturated carbocycles. The molecule has 2 atom stereocenters. The number of alkyl halides is 6.